The van der Waals surface area contributed by atoms with Gasteiger partial charge in [-0.2, -0.15) is 0 Å². The molecule has 0 saturated heterocycles. The molecule has 1 atom stereocenters. The maximum atomic E-state index is 12.0. The molecule has 0 spiro atoms. The smallest absolute Gasteiger partial charge is 0.237 e. The van der Waals surface area contributed by atoms with E-state index in [1.807, 2.05) is 0 Å². The molecule has 0 unspecified atom stereocenters. The van der Waals surface area contributed by atoms with Crippen LogP contribution >= 0.6 is 0 Å². The van der Waals surface area contributed by atoms with Crippen molar-refractivity contribution >= 4 is 5.91 Å². The number of nitrogens with two attached hydrogens (primary N) is 1. The quantitative estimate of drug-likeness (QED) is 0.598. The van der Waals surface area contributed by atoms with Gasteiger partial charge in [0.25, 0.3) is 0 Å². The molecule has 1 fully saturated rings. The summed E-state index contributed by atoms with van der Waals surface area (Å²) in [4.78, 5) is 12.0. The highest BCUT2D eigenvalue weighted by molar-refractivity contribution is 5.81. The van der Waals surface area contributed by atoms with Gasteiger partial charge in [-0.1, -0.05) is 19.9 Å². The molecule has 21 heavy (non-hydrogen) atoms. The minimum Gasteiger partial charge on any atom is -0.504 e. The predicted octanol–water partition coefficient (Wildman–Crippen LogP) is 1.52. The van der Waals surface area contributed by atoms with Gasteiger partial charge >= 0.3 is 0 Å². The van der Waals surface area contributed by atoms with E-state index in [1.165, 1.54) is 12.1 Å². The third kappa shape index (κ3) is 3.67. The summed E-state index contributed by atoms with van der Waals surface area (Å²) in [5, 5.41) is 21.6. The first-order valence-corrected chi connectivity index (χ1v) is 7.38. The van der Waals surface area contributed by atoms with E-state index >= 15 is 0 Å². The van der Waals surface area contributed by atoms with Gasteiger partial charge in [0, 0.05) is 6.54 Å². The molecule has 116 valence electrons. The first-order valence-electron chi connectivity index (χ1n) is 7.38. The molecular formula is C16H24N2O3. The molecule has 2 rings (SSSR count). The van der Waals surface area contributed by atoms with Crippen LogP contribution in [0.25, 0.3) is 0 Å². The third-order valence-electron chi connectivity index (χ3n) is 4.56. The highest BCUT2D eigenvalue weighted by Crippen LogP contribution is 2.51. The van der Waals surface area contributed by atoms with Gasteiger partial charge in [-0.05, 0) is 48.3 Å². The SMILES string of the molecule is CC(C)C1(CNC(=O)[C@@H](N)Cc2ccc(O)c(O)c2)CC1. The molecule has 0 bridgehead atoms. The summed E-state index contributed by atoms with van der Waals surface area (Å²) in [6.45, 7) is 5.04. The molecule has 0 heterocycles. The number of benzene rings is 1. The number of phenols is 2. The van der Waals surface area contributed by atoms with Gasteiger partial charge in [-0.3, -0.25) is 4.79 Å². The zero-order valence-electron chi connectivity index (χ0n) is 12.6. The minimum atomic E-state index is -0.656. The lowest BCUT2D eigenvalue weighted by molar-refractivity contribution is -0.122. The summed E-state index contributed by atoms with van der Waals surface area (Å²) < 4.78 is 0. The van der Waals surface area contributed by atoms with Crippen molar-refractivity contribution in [2.75, 3.05) is 6.54 Å². The Morgan fingerprint density at radius 2 is 2.00 bits per heavy atom. The molecule has 1 aromatic carbocycles. The van der Waals surface area contributed by atoms with Crippen LogP contribution in [0.4, 0.5) is 0 Å². The second-order valence-corrected chi connectivity index (χ2v) is 6.37. The lowest BCUT2D eigenvalue weighted by Crippen LogP contribution is -2.44. The largest absolute Gasteiger partial charge is 0.504 e. The summed E-state index contributed by atoms with van der Waals surface area (Å²) in [7, 11) is 0. The summed E-state index contributed by atoms with van der Waals surface area (Å²) in [6.07, 6.45) is 2.65. The molecule has 0 aromatic heterocycles. The van der Waals surface area contributed by atoms with Crippen LogP contribution in [0, 0.1) is 11.3 Å². The highest BCUT2D eigenvalue weighted by Gasteiger charge is 2.45. The molecule has 5 N–H and O–H groups in total. The van der Waals surface area contributed by atoms with Gasteiger partial charge in [-0.15, -0.1) is 0 Å². The Balaban J connectivity index is 1.86. The van der Waals surface area contributed by atoms with Crippen molar-refractivity contribution < 1.29 is 15.0 Å². The van der Waals surface area contributed by atoms with Crippen LogP contribution in [0.3, 0.4) is 0 Å². The highest BCUT2D eigenvalue weighted by atomic mass is 16.3. The van der Waals surface area contributed by atoms with Crippen LogP contribution in [-0.2, 0) is 11.2 Å². The standard InChI is InChI=1S/C16H24N2O3/c1-10(2)16(5-6-16)9-18-15(21)12(17)7-11-3-4-13(19)14(20)8-11/h3-4,8,10,12,19-20H,5-7,9,17H2,1-2H3,(H,18,21)/t12-/m0/s1. The summed E-state index contributed by atoms with van der Waals surface area (Å²) in [5.41, 5.74) is 6.88. The van der Waals surface area contributed by atoms with Gasteiger partial charge in [-0.25, -0.2) is 0 Å². The zero-order chi connectivity index (χ0) is 15.6. The Bertz CT molecular complexity index is 524. The fourth-order valence-electron chi connectivity index (χ4n) is 2.56. The zero-order valence-corrected chi connectivity index (χ0v) is 12.6. The van der Waals surface area contributed by atoms with Crippen molar-refractivity contribution in [3.8, 4) is 11.5 Å². The summed E-state index contributed by atoms with van der Waals surface area (Å²) >= 11 is 0. The molecule has 0 aliphatic heterocycles. The Labute approximate surface area is 125 Å². The van der Waals surface area contributed by atoms with E-state index in [4.69, 9.17) is 5.73 Å². The Morgan fingerprint density at radius 3 is 2.52 bits per heavy atom. The van der Waals surface area contributed by atoms with Gasteiger partial charge in [0.15, 0.2) is 11.5 Å². The molecule has 1 amide bonds. The molecule has 0 radical (unpaired) electrons. The van der Waals surface area contributed by atoms with E-state index in [0.29, 0.717) is 18.9 Å². The van der Waals surface area contributed by atoms with Crippen molar-refractivity contribution in [1.82, 2.24) is 5.32 Å². The lowest BCUT2D eigenvalue weighted by atomic mass is 9.92. The fourth-order valence-corrected chi connectivity index (χ4v) is 2.56. The van der Waals surface area contributed by atoms with Gasteiger partial charge in [0.1, 0.15) is 0 Å². The van der Waals surface area contributed by atoms with Gasteiger partial charge in [0.05, 0.1) is 6.04 Å². The van der Waals surface area contributed by atoms with Crippen LogP contribution in [0.5, 0.6) is 11.5 Å². The van der Waals surface area contributed by atoms with E-state index < -0.39 is 6.04 Å². The number of nitrogens with one attached hydrogen (secondary N) is 1. The van der Waals surface area contributed by atoms with Crippen molar-refractivity contribution in [1.29, 1.82) is 0 Å². The van der Waals surface area contributed by atoms with Gasteiger partial charge < -0.3 is 21.3 Å². The number of phenolic OH excluding ortho intramolecular Hbond substituents is 2. The molecule has 5 nitrogen and oxygen atoms in total. The van der Waals surface area contributed by atoms with Crippen LogP contribution in [0.1, 0.15) is 32.3 Å². The van der Waals surface area contributed by atoms with E-state index in [2.05, 4.69) is 19.2 Å². The molecule has 1 saturated carbocycles. The predicted molar refractivity (Wildman–Crippen MR) is 81.0 cm³/mol. The van der Waals surface area contributed by atoms with E-state index in [9.17, 15) is 15.0 Å². The number of carbonyl (C=O) groups is 1. The third-order valence-corrected chi connectivity index (χ3v) is 4.56. The average molecular weight is 292 g/mol. The van der Waals surface area contributed by atoms with Crippen molar-refractivity contribution in [3.05, 3.63) is 23.8 Å². The normalized spacial score (nSPS) is 17.5. The molecule has 1 aliphatic rings. The molecular weight excluding hydrogens is 268 g/mol. The molecule has 1 aromatic rings. The van der Waals surface area contributed by atoms with E-state index in [-0.39, 0.29) is 22.8 Å². The topological polar surface area (TPSA) is 95.6 Å². The molecule has 1 aliphatic carbocycles. The number of hydrogen-bond acceptors (Lipinski definition) is 4. The Kier molecular flexibility index (Phi) is 4.42. The second kappa shape index (κ2) is 5.93. The molecule has 5 heteroatoms. The van der Waals surface area contributed by atoms with Crippen molar-refractivity contribution in [2.45, 2.75) is 39.2 Å². The first-order chi connectivity index (χ1) is 9.84. The average Bonchev–Trinajstić information content (AvgIpc) is 3.21. The van der Waals surface area contributed by atoms with E-state index in [0.717, 1.165) is 18.4 Å². The summed E-state index contributed by atoms with van der Waals surface area (Å²) in [5.74, 6) is 0.0128. The van der Waals surface area contributed by atoms with Crippen molar-refractivity contribution in [2.24, 2.45) is 17.1 Å². The fraction of sp³-hybridized carbons (Fsp3) is 0.562. The van der Waals surface area contributed by atoms with Crippen LogP contribution < -0.4 is 11.1 Å². The number of amides is 1. The lowest BCUT2D eigenvalue weighted by Gasteiger charge is -2.21. The maximum absolute atomic E-state index is 12.0. The Hall–Kier alpha value is -1.75. The van der Waals surface area contributed by atoms with Crippen LogP contribution in [0.15, 0.2) is 18.2 Å². The van der Waals surface area contributed by atoms with Gasteiger partial charge in [0.2, 0.25) is 5.91 Å². The van der Waals surface area contributed by atoms with E-state index in [1.54, 1.807) is 6.07 Å². The summed E-state index contributed by atoms with van der Waals surface area (Å²) in [6, 6.07) is 3.82. The number of rotatable bonds is 6. The monoisotopic (exact) mass is 292 g/mol. The minimum absolute atomic E-state index is 0.172. The maximum Gasteiger partial charge on any atom is 0.237 e. The first kappa shape index (κ1) is 15.6. The van der Waals surface area contributed by atoms with Crippen molar-refractivity contribution in [3.63, 3.8) is 0 Å². The number of aromatic hydroxyl groups is 2. The number of hydrogen-bond donors (Lipinski definition) is 4. The second-order valence-electron chi connectivity index (χ2n) is 6.37. The van der Waals surface area contributed by atoms with Crippen LogP contribution in [0.2, 0.25) is 0 Å². The van der Waals surface area contributed by atoms with Crippen LogP contribution in [-0.4, -0.2) is 28.7 Å². The number of carbonyl (C=O) groups excluding carboxylic acids is 1. The Morgan fingerprint density at radius 1 is 1.33 bits per heavy atom.